The van der Waals surface area contributed by atoms with E-state index in [1.54, 1.807) is 12.4 Å². The SMILES string of the molecule is NC(=O)c1c(NC(=O)CSc2nnc(-c3cccnc3)n2C2CC2)sc2c1CCC2. The van der Waals surface area contributed by atoms with Gasteiger partial charge in [0.25, 0.3) is 5.91 Å². The van der Waals surface area contributed by atoms with Gasteiger partial charge < -0.3 is 11.1 Å². The van der Waals surface area contributed by atoms with Crippen molar-refractivity contribution >= 4 is 39.9 Å². The van der Waals surface area contributed by atoms with Gasteiger partial charge >= 0.3 is 0 Å². The van der Waals surface area contributed by atoms with Crippen LogP contribution in [-0.4, -0.2) is 37.3 Å². The molecule has 0 radical (unpaired) electrons. The zero-order chi connectivity index (χ0) is 20.7. The van der Waals surface area contributed by atoms with Crippen molar-refractivity contribution in [2.24, 2.45) is 5.73 Å². The Kier molecular flexibility index (Phi) is 5.03. The molecule has 2 aliphatic carbocycles. The molecular weight excluding hydrogens is 420 g/mol. The molecule has 154 valence electrons. The van der Waals surface area contributed by atoms with E-state index in [2.05, 4.69) is 25.1 Å². The molecule has 30 heavy (non-hydrogen) atoms. The molecule has 2 aliphatic rings. The Balaban J connectivity index is 1.31. The maximum absolute atomic E-state index is 12.6. The fourth-order valence-corrected chi connectivity index (χ4v) is 5.89. The predicted octanol–water partition coefficient (Wildman–Crippen LogP) is 3.05. The average Bonchev–Trinajstić information content (AvgIpc) is 3.17. The Morgan fingerprint density at radius 3 is 2.90 bits per heavy atom. The van der Waals surface area contributed by atoms with Gasteiger partial charge in [0.1, 0.15) is 5.00 Å². The highest BCUT2D eigenvalue weighted by atomic mass is 32.2. The summed E-state index contributed by atoms with van der Waals surface area (Å²) < 4.78 is 2.10. The summed E-state index contributed by atoms with van der Waals surface area (Å²) in [4.78, 5) is 29.9. The van der Waals surface area contributed by atoms with Crippen LogP contribution in [0.4, 0.5) is 5.00 Å². The molecule has 3 heterocycles. The van der Waals surface area contributed by atoms with Crippen LogP contribution in [0.25, 0.3) is 11.4 Å². The molecule has 0 bridgehead atoms. The summed E-state index contributed by atoms with van der Waals surface area (Å²) in [5.74, 6) is 0.292. The fourth-order valence-electron chi connectivity index (χ4n) is 3.77. The van der Waals surface area contributed by atoms with Gasteiger partial charge in [-0.2, -0.15) is 0 Å². The maximum atomic E-state index is 12.6. The van der Waals surface area contributed by atoms with E-state index in [0.717, 1.165) is 59.1 Å². The van der Waals surface area contributed by atoms with Crippen LogP contribution < -0.4 is 11.1 Å². The normalized spacial score (nSPS) is 15.2. The first-order valence-corrected chi connectivity index (χ1v) is 11.6. The molecule has 3 N–H and O–H groups in total. The number of primary amides is 1. The second-order valence-corrected chi connectivity index (χ2v) is 9.46. The predicted molar refractivity (Wildman–Crippen MR) is 116 cm³/mol. The molecule has 0 aliphatic heterocycles. The van der Waals surface area contributed by atoms with Crippen LogP contribution in [0.2, 0.25) is 0 Å². The highest BCUT2D eigenvalue weighted by Crippen LogP contribution is 2.41. The van der Waals surface area contributed by atoms with Gasteiger partial charge in [-0.25, -0.2) is 0 Å². The lowest BCUT2D eigenvalue weighted by molar-refractivity contribution is -0.113. The summed E-state index contributed by atoms with van der Waals surface area (Å²) in [6.07, 6.45) is 8.46. The van der Waals surface area contributed by atoms with E-state index in [-0.39, 0.29) is 11.7 Å². The second-order valence-electron chi connectivity index (χ2n) is 7.41. The lowest BCUT2D eigenvalue weighted by atomic mass is 10.1. The Morgan fingerprint density at radius 2 is 2.17 bits per heavy atom. The summed E-state index contributed by atoms with van der Waals surface area (Å²) >= 11 is 2.81. The van der Waals surface area contributed by atoms with Crippen LogP contribution >= 0.6 is 23.1 Å². The van der Waals surface area contributed by atoms with Gasteiger partial charge in [0, 0.05) is 28.9 Å². The summed E-state index contributed by atoms with van der Waals surface area (Å²) in [6.45, 7) is 0. The smallest absolute Gasteiger partial charge is 0.251 e. The minimum Gasteiger partial charge on any atom is -0.365 e. The highest BCUT2D eigenvalue weighted by molar-refractivity contribution is 7.99. The molecule has 0 atom stereocenters. The van der Waals surface area contributed by atoms with Crippen LogP contribution in [0.15, 0.2) is 29.7 Å². The van der Waals surface area contributed by atoms with E-state index >= 15 is 0 Å². The molecule has 3 aromatic heterocycles. The van der Waals surface area contributed by atoms with E-state index in [1.807, 2.05) is 12.1 Å². The van der Waals surface area contributed by atoms with Crippen molar-refractivity contribution in [1.82, 2.24) is 19.7 Å². The third-order valence-electron chi connectivity index (χ3n) is 5.25. The van der Waals surface area contributed by atoms with Crippen molar-refractivity contribution in [3.05, 3.63) is 40.5 Å². The van der Waals surface area contributed by atoms with Crippen LogP contribution in [0.3, 0.4) is 0 Å². The Bertz CT molecular complexity index is 1120. The number of thioether (sulfide) groups is 1. The molecule has 10 heteroatoms. The van der Waals surface area contributed by atoms with Gasteiger partial charge in [0.15, 0.2) is 11.0 Å². The molecule has 2 amide bonds. The van der Waals surface area contributed by atoms with Crippen molar-refractivity contribution < 1.29 is 9.59 Å². The first-order valence-electron chi connectivity index (χ1n) is 9.84. The summed E-state index contributed by atoms with van der Waals surface area (Å²) in [7, 11) is 0. The average molecular weight is 441 g/mol. The molecular formula is C20H20N6O2S2. The monoisotopic (exact) mass is 440 g/mol. The number of hydrogen-bond donors (Lipinski definition) is 2. The van der Waals surface area contributed by atoms with E-state index < -0.39 is 5.91 Å². The van der Waals surface area contributed by atoms with Crippen LogP contribution in [0.5, 0.6) is 0 Å². The van der Waals surface area contributed by atoms with Crippen molar-refractivity contribution in [2.45, 2.75) is 43.3 Å². The van der Waals surface area contributed by atoms with E-state index in [0.29, 0.717) is 16.6 Å². The molecule has 8 nitrogen and oxygen atoms in total. The summed E-state index contributed by atoms with van der Waals surface area (Å²) in [5, 5.41) is 12.8. The number of thiophene rings is 1. The zero-order valence-electron chi connectivity index (χ0n) is 16.1. The van der Waals surface area contributed by atoms with E-state index in [9.17, 15) is 9.59 Å². The van der Waals surface area contributed by atoms with E-state index in [4.69, 9.17) is 5.73 Å². The maximum Gasteiger partial charge on any atom is 0.251 e. The number of carbonyl (C=O) groups is 2. The number of fused-ring (bicyclic) bond motifs is 1. The second kappa shape index (κ2) is 7.84. The van der Waals surface area contributed by atoms with E-state index in [1.165, 1.54) is 23.1 Å². The largest absolute Gasteiger partial charge is 0.365 e. The minimum absolute atomic E-state index is 0.179. The number of hydrogen-bond acceptors (Lipinski definition) is 7. The van der Waals surface area contributed by atoms with Crippen molar-refractivity contribution in [2.75, 3.05) is 11.1 Å². The fraction of sp³-hybridized carbons (Fsp3) is 0.350. The van der Waals surface area contributed by atoms with Gasteiger partial charge in [-0.05, 0) is 49.8 Å². The standard InChI is InChI=1S/C20H20N6O2S2/c21-17(28)16-13-4-1-5-14(13)30-19(16)23-15(27)10-29-20-25-24-18(26(20)12-6-7-12)11-3-2-8-22-9-11/h2-3,8-9,12H,1,4-7,10H2,(H2,21,28)(H,23,27). The lowest BCUT2D eigenvalue weighted by Crippen LogP contribution is -2.19. The van der Waals surface area contributed by atoms with Crippen molar-refractivity contribution in [3.8, 4) is 11.4 Å². The summed E-state index contributed by atoms with van der Waals surface area (Å²) in [5.41, 5.74) is 7.97. The molecule has 0 unspecified atom stereocenters. The van der Waals surface area contributed by atoms with Gasteiger partial charge in [0.05, 0.1) is 11.3 Å². The molecule has 3 aromatic rings. The van der Waals surface area contributed by atoms with Crippen molar-refractivity contribution in [1.29, 1.82) is 0 Å². The first-order chi connectivity index (χ1) is 14.6. The van der Waals surface area contributed by atoms with Gasteiger partial charge in [0.2, 0.25) is 5.91 Å². The van der Waals surface area contributed by atoms with Gasteiger partial charge in [-0.15, -0.1) is 21.5 Å². The topological polar surface area (TPSA) is 116 Å². The number of aryl methyl sites for hydroxylation is 1. The first kappa shape index (κ1) is 19.3. The minimum atomic E-state index is -0.480. The molecule has 1 saturated carbocycles. The number of nitrogens with two attached hydrogens (primary N) is 1. The summed E-state index contributed by atoms with van der Waals surface area (Å²) in [6, 6.07) is 4.19. The number of amides is 2. The Labute approximate surface area is 181 Å². The van der Waals surface area contributed by atoms with Crippen LogP contribution in [-0.2, 0) is 17.6 Å². The zero-order valence-corrected chi connectivity index (χ0v) is 17.8. The molecule has 5 rings (SSSR count). The van der Waals surface area contributed by atoms with Crippen molar-refractivity contribution in [3.63, 3.8) is 0 Å². The lowest BCUT2D eigenvalue weighted by Gasteiger charge is -2.09. The molecule has 1 fully saturated rings. The molecule has 0 aromatic carbocycles. The number of pyridine rings is 1. The third-order valence-corrected chi connectivity index (χ3v) is 7.40. The number of nitrogens with one attached hydrogen (secondary N) is 1. The highest BCUT2D eigenvalue weighted by Gasteiger charge is 2.31. The molecule has 0 saturated heterocycles. The number of anilines is 1. The third kappa shape index (κ3) is 3.61. The number of carbonyl (C=O) groups excluding carboxylic acids is 2. The van der Waals surface area contributed by atoms with Crippen LogP contribution in [0.1, 0.15) is 46.1 Å². The van der Waals surface area contributed by atoms with Crippen LogP contribution in [0, 0.1) is 0 Å². The number of nitrogens with zero attached hydrogens (tertiary/aromatic N) is 4. The Hall–Kier alpha value is -2.72. The molecule has 0 spiro atoms. The number of aromatic nitrogens is 4. The quantitative estimate of drug-likeness (QED) is 0.546. The Morgan fingerprint density at radius 1 is 1.30 bits per heavy atom. The van der Waals surface area contributed by atoms with Gasteiger partial charge in [-0.3, -0.25) is 19.1 Å². The van der Waals surface area contributed by atoms with Gasteiger partial charge in [-0.1, -0.05) is 11.8 Å². The number of rotatable bonds is 7.